The molecular weight excluding hydrogens is 394 g/mol. The van der Waals surface area contributed by atoms with Gasteiger partial charge >= 0.3 is 10.4 Å². The average Bonchev–Trinajstić information content (AvgIpc) is 2.72. The highest BCUT2D eigenvalue weighted by molar-refractivity contribution is 7.82. The Kier molecular flexibility index (Phi) is 9.14. The van der Waals surface area contributed by atoms with Crippen LogP contribution in [0.2, 0.25) is 0 Å². The maximum atomic E-state index is 11.7. The van der Waals surface area contributed by atoms with E-state index in [0.717, 1.165) is 23.4 Å². The van der Waals surface area contributed by atoms with E-state index >= 15 is 0 Å². The molecule has 7 nitrogen and oxygen atoms in total. The summed E-state index contributed by atoms with van der Waals surface area (Å²) in [6.45, 7) is 3.30. The van der Waals surface area contributed by atoms with Gasteiger partial charge in [0.1, 0.15) is 5.75 Å². The van der Waals surface area contributed by atoms with Crippen molar-refractivity contribution < 1.29 is 27.0 Å². The highest BCUT2D eigenvalue weighted by atomic mass is 32.3. The van der Waals surface area contributed by atoms with Crippen molar-refractivity contribution in [2.45, 2.75) is 13.3 Å². The van der Waals surface area contributed by atoms with Crippen molar-refractivity contribution in [3.05, 3.63) is 59.7 Å². The summed E-state index contributed by atoms with van der Waals surface area (Å²) in [4.78, 5) is 2.09. The second kappa shape index (κ2) is 11.6. The Morgan fingerprint density at radius 2 is 1.52 bits per heavy atom. The van der Waals surface area contributed by atoms with E-state index in [1.165, 1.54) is 0 Å². The molecule has 0 atom stereocenters. The second-order valence-corrected chi connectivity index (χ2v) is 7.41. The fourth-order valence-corrected chi connectivity index (χ4v) is 3.30. The van der Waals surface area contributed by atoms with Crippen LogP contribution >= 0.6 is 0 Å². The fraction of sp³-hybridized carbons (Fsp3) is 0.333. The molecule has 2 rings (SSSR count). The first-order valence-corrected chi connectivity index (χ1v) is 10.7. The van der Waals surface area contributed by atoms with Crippen molar-refractivity contribution in [3.63, 3.8) is 0 Å². The van der Waals surface area contributed by atoms with Gasteiger partial charge in [0.25, 0.3) is 0 Å². The summed E-state index contributed by atoms with van der Waals surface area (Å²) in [7, 11) is -4.14. The Morgan fingerprint density at radius 3 is 2.03 bits per heavy atom. The summed E-state index contributed by atoms with van der Waals surface area (Å²) in [5.74, 6) is 0.152. The number of hydrogen-bond acceptors (Lipinski definition) is 7. The average molecular weight is 422 g/mol. The zero-order valence-corrected chi connectivity index (χ0v) is 17.2. The van der Waals surface area contributed by atoms with E-state index in [4.69, 9.17) is 14.4 Å². The van der Waals surface area contributed by atoms with Crippen molar-refractivity contribution >= 4 is 28.2 Å². The van der Waals surface area contributed by atoms with Crippen LogP contribution in [0.15, 0.2) is 48.5 Å². The van der Waals surface area contributed by atoms with E-state index in [-0.39, 0.29) is 32.0 Å². The lowest BCUT2D eigenvalue weighted by Crippen LogP contribution is -2.25. The van der Waals surface area contributed by atoms with Crippen molar-refractivity contribution in [2.75, 3.05) is 37.8 Å². The van der Waals surface area contributed by atoms with Gasteiger partial charge in [-0.1, -0.05) is 36.4 Å². The minimum Gasteiger partial charge on any atom is -0.396 e. The lowest BCUT2D eigenvalue weighted by atomic mass is 10.1. The molecular formula is C21H27NO6S. The molecule has 29 heavy (non-hydrogen) atoms. The largest absolute Gasteiger partial charge is 0.449 e. The molecule has 0 aliphatic heterocycles. The minimum atomic E-state index is -4.14. The van der Waals surface area contributed by atoms with Gasteiger partial charge in [0, 0.05) is 25.4 Å². The zero-order valence-electron chi connectivity index (χ0n) is 16.4. The zero-order chi connectivity index (χ0) is 21.1. The first-order valence-electron chi connectivity index (χ1n) is 9.41. The SMILES string of the molecule is CCN(CCO)c1ccc(/C=C/c2ccc(OS(=O)(=O)OCCCO)cc2)cc1. The Hall–Kier alpha value is -2.39. The lowest BCUT2D eigenvalue weighted by Gasteiger charge is -2.21. The number of hydrogen-bond donors (Lipinski definition) is 2. The van der Waals surface area contributed by atoms with Crippen LogP contribution in [-0.4, -0.2) is 51.5 Å². The second-order valence-electron chi connectivity index (χ2n) is 6.19. The maximum absolute atomic E-state index is 11.7. The van der Waals surface area contributed by atoms with Crippen molar-refractivity contribution in [1.29, 1.82) is 0 Å². The molecule has 0 spiro atoms. The first kappa shape index (κ1) is 22.9. The fourth-order valence-electron chi connectivity index (χ4n) is 2.58. The van der Waals surface area contributed by atoms with Crippen LogP contribution in [0.3, 0.4) is 0 Å². The summed E-state index contributed by atoms with van der Waals surface area (Å²) in [5, 5.41) is 17.8. The van der Waals surface area contributed by atoms with Gasteiger partial charge < -0.3 is 19.3 Å². The molecule has 0 aromatic heterocycles. The maximum Gasteiger partial charge on any atom is 0.449 e. The number of rotatable bonds is 12. The molecule has 158 valence electrons. The summed E-state index contributed by atoms with van der Waals surface area (Å²) >= 11 is 0. The summed E-state index contributed by atoms with van der Waals surface area (Å²) in [6.07, 6.45) is 4.08. The van der Waals surface area contributed by atoms with Crippen LogP contribution < -0.4 is 9.08 Å². The molecule has 0 unspecified atom stereocenters. The van der Waals surface area contributed by atoms with Crippen LogP contribution in [0, 0.1) is 0 Å². The highest BCUT2D eigenvalue weighted by Crippen LogP contribution is 2.19. The predicted molar refractivity (Wildman–Crippen MR) is 114 cm³/mol. The Bertz CT molecular complexity index is 863. The third-order valence-electron chi connectivity index (χ3n) is 4.09. The standard InChI is InChI=1S/C21H27NO6S/c1-2-22(14-16-24)20-10-6-18(7-11-20)4-5-19-8-12-21(13-9-19)28-29(25,26)27-17-3-15-23/h4-13,23-24H,2-3,14-17H2,1H3/b5-4+. The van der Waals surface area contributed by atoms with Gasteiger partial charge in [0.05, 0.1) is 13.2 Å². The molecule has 2 aromatic carbocycles. The van der Waals surface area contributed by atoms with Gasteiger partial charge in [-0.25, -0.2) is 4.18 Å². The first-order chi connectivity index (χ1) is 14.0. The third kappa shape index (κ3) is 7.86. The van der Waals surface area contributed by atoms with E-state index in [9.17, 15) is 8.42 Å². The lowest BCUT2D eigenvalue weighted by molar-refractivity contribution is 0.221. The van der Waals surface area contributed by atoms with E-state index in [2.05, 4.69) is 9.08 Å². The van der Waals surface area contributed by atoms with Crippen LogP contribution in [0.25, 0.3) is 12.2 Å². The monoisotopic (exact) mass is 421 g/mol. The number of aliphatic hydroxyl groups excluding tert-OH is 2. The Balaban J connectivity index is 1.96. The molecule has 0 saturated heterocycles. The van der Waals surface area contributed by atoms with Crippen molar-refractivity contribution in [1.82, 2.24) is 0 Å². The predicted octanol–water partition coefficient (Wildman–Crippen LogP) is 2.70. The van der Waals surface area contributed by atoms with E-state index in [1.807, 2.05) is 43.3 Å². The smallest absolute Gasteiger partial charge is 0.396 e. The summed E-state index contributed by atoms with van der Waals surface area (Å²) < 4.78 is 32.8. The molecule has 8 heteroatoms. The normalized spacial score (nSPS) is 11.7. The van der Waals surface area contributed by atoms with Crippen LogP contribution in [0.5, 0.6) is 5.75 Å². The van der Waals surface area contributed by atoms with Crippen molar-refractivity contribution in [2.24, 2.45) is 0 Å². The molecule has 0 saturated carbocycles. The molecule has 0 aliphatic rings. The van der Waals surface area contributed by atoms with E-state index in [0.29, 0.717) is 6.54 Å². The quantitative estimate of drug-likeness (QED) is 0.402. The molecule has 0 amide bonds. The Labute approximate surface area is 172 Å². The third-order valence-corrected chi connectivity index (χ3v) is 4.94. The van der Waals surface area contributed by atoms with Gasteiger partial charge in [-0.3, -0.25) is 0 Å². The van der Waals surface area contributed by atoms with Gasteiger partial charge in [-0.15, -0.1) is 0 Å². The Morgan fingerprint density at radius 1 is 0.931 bits per heavy atom. The highest BCUT2D eigenvalue weighted by Gasteiger charge is 2.13. The summed E-state index contributed by atoms with van der Waals surface area (Å²) in [6, 6.07) is 14.6. The van der Waals surface area contributed by atoms with Gasteiger partial charge in [-0.2, -0.15) is 8.42 Å². The number of anilines is 1. The molecule has 0 heterocycles. The van der Waals surface area contributed by atoms with E-state index in [1.54, 1.807) is 24.3 Å². The van der Waals surface area contributed by atoms with E-state index < -0.39 is 10.4 Å². The number of likely N-dealkylation sites (N-methyl/N-ethyl adjacent to an activating group) is 1. The number of nitrogens with zero attached hydrogens (tertiary/aromatic N) is 1. The van der Waals surface area contributed by atoms with Crippen LogP contribution in [0.4, 0.5) is 5.69 Å². The van der Waals surface area contributed by atoms with Crippen LogP contribution in [-0.2, 0) is 14.6 Å². The van der Waals surface area contributed by atoms with Gasteiger partial charge in [0.2, 0.25) is 0 Å². The van der Waals surface area contributed by atoms with Gasteiger partial charge in [-0.05, 0) is 48.7 Å². The molecule has 0 aliphatic carbocycles. The molecule has 0 radical (unpaired) electrons. The number of aliphatic hydroxyl groups is 2. The summed E-state index contributed by atoms with van der Waals surface area (Å²) in [5.41, 5.74) is 2.96. The molecule has 0 bridgehead atoms. The molecule has 0 fully saturated rings. The molecule has 2 aromatic rings. The van der Waals surface area contributed by atoms with Gasteiger partial charge in [0.15, 0.2) is 0 Å². The topological polar surface area (TPSA) is 96.3 Å². The van der Waals surface area contributed by atoms with Crippen LogP contribution in [0.1, 0.15) is 24.5 Å². The minimum absolute atomic E-state index is 0.116. The number of benzene rings is 2. The van der Waals surface area contributed by atoms with Crippen molar-refractivity contribution in [3.8, 4) is 5.75 Å². The molecule has 2 N–H and O–H groups in total.